The Morgan fingerprint density at radius 3 is 2.60 bits per heavy atom. The van der Waals surface area contributed by atoms with Crippen LogP contribution in [-0.2, 0) is 5.41 Å². The Labute approximate surface area is 88.2 Å². The summed E-state index contributed by atoms with van der Waals surface area (Å²) in [5, 5.41) is 0.477. The summed E-state index contributed by atoms with van der Waals surface area (Å²) < 4.78 is 13.3. The van der Waals surface area contributed by atoms with E-state index in [0.717, 1.165) is 5.82 Å². The van der Waals surface area contributed by atoms with Crippen LogP contribution in [0.25, 0.3) is 10.9 Å². The first-order valence-corrected chi connectivity index (χ1v) is 4.90. The lowest BCUT2D eigenvalue weighted by Gasteiger charge is -2.16. The lowest BCUT2D eigenvalue weighted by atomic mass is 9.95. The predicted octanol–water partition coefficient (Wildman–Crippen LogP) is 3.07. The zero-order valence-electron chi connectivity index (χ0n) is 9.08. The second-order valence-corrected chi connectivity index (χ2v) is 4.62. The van der Waals surface area contributed by atoms with Crippen molar-refractivity contribution in [3.05, 3.63) is 36.0 Å². The van der Waals surface area contributed by atoms with Gasteiger partial charge in [-0.25, -0.2) is 14.4 Å². The Hall–Kier alpha value is -1.51. The SMILES string of the molecule is CC(C)(C)c1ncc2c(F)cccc2n1. The highest BCUT2D eigenvalue weighted by molar-refractivity contribution is 5.78. The first-order chi connectivity index (χ1) is 6.98. The van der Waals surface area contributed by atoms with Gasteiger partial charge in [0.2, 0.25) is 0 Å². The Balaban J connectivity index is 2.68. The standard InChI is InChI=1S/C12H13FN2/c1-12(2,3)11-14-7-8-9(13)5-4-6-10(8)15-11/h4-7H,1-3H3. The highest BCUT2D eigenvalue weighted by Crippen LogP contribution is 2.21. The summed E-state index contributed by atoms with van der Waals surface area (Å²) in [6.07, 6.45) is 1.55. The second-order valence-electron chi connectivity index (χ2n) is 4.62. The zero-order valence-corrected chi connectivity index (χ0v) is 9.08. The van der Waals surface area contributed by atoms with Gasteiger partial charge in [0.1, 0.15) is 11.6 Å². The first kappa shape index (κ1) is 10.0. The number of hydrogen-bond donors (Lipinski definition) is 0. The van der Waals surface area contributed by atoms with E-state index in [-0.39, 0.29) is 11.2 Å². The fourth-order valence-electron chi connectivity index (χ4n) is 1.38. The van der Waals surface area contributed by atoms with Gasteiger partial charge in [-0.15, -0.1) is 0 Å². The van der Waals surface area contributed by atoms with E-state index in [1.54, 1.807) is 18.3 Å². The van der Waals surface area contributed by atoms with Crippen molar-refractivity contribution >= 4 is 10.9 Å². The van der Waals surface area contributed by atoms with Crippen molar-refractivity contribution in [3.8, 4) is 0 Å². The molecule has 1 heterocycles. The first-order valence-electron chi connectivity index (χ1n) is 4.90. The zero-order chi connectivity index (χ0) is 11.1. The maximum atomic E-state index is 13.3. The monoisotopic (exact) mass is 204 g/mol. The number of nitrogens with zero attached hydrogens (tertiary/aromatic N) is 2. The van der Waals surface area contributed by atoms with Gasteiger partial charge >= 0.3 is 0 Å². The van der Waals surface area contributed by atoms with Crippen LogP contribution in [0.1, 0.15) is 26.6 Å². The van der Waals surface area contributed by atoms with E-state index in [9.17, 15) is 4.39 Å². The van der Waals surface area contributed by atoms with E-state index in [2.05, 4.69) is 9.97 Å². The van der Waals surface area contributed by atoms with Gasteiger partial charge < -0.3 is 0 Å². The molecule has 1 aromatic carbocycles. The smallest absolute Gasteiger partial charge is 0.134 e. The van der Waals surface area contributed by atoms with Gasteiger partial charge in [0.15, 0.2) is 0 Å². The van der Waals surface area contributed by atoms with Gasteiger partial charge in [-0.3, -0.25) is 0 Å². The molecule has 0 spiro atoms. The molecule has 78 valence electrons. The van der Waals surface area contributed by atoms with E-state index in [4.69, 9.17) is 0 Å². The third-order valence-corrected chi connectivity index (χ3v) is 2.24. The van der Waals surface area contributed by atoms with E-state index in [1.165, 1.54) is 6.07 Å². The van der Waals surface area contributed by atoms with Crippen molar-refractivity contribution < 1.29 is 4.39 Å². The van der Waals surface area contributed by atoms with Gasteiger partial charge in [0, 0.05) is 11.6 Å². The average molecular weight is 204 g/mol. The molecule has 0 atom stereocenters. The summed E-state index contributed by atoms with van der Waals surface area (Å²) in [5.74, 6) is 0.466. The maximum Gasteiger partial charge on any atom is 0.134 e. The summed E-state index contributed by atoms with van der Waals surface area (Å²) >= 11 is 0. The molecule has 15 heavy (non-hydrogen) atoms. The highest BCUT2D eigenvalue weighted by Gasteiger charge is 2.17. The van der Waals surface area contributed by atoms with Crippen LogP contribution in [-0.4, -0.2) is 9.97 Å². The lowest BCUT2D eigenvalue weighted by Crippen LogP contribution is -2.15. The van der Waals surface area contributed by atoms with Crippen LogP contribution in [0, 0.1) is 5.82 Å². The summed E-state index contributed by atoms with van der Waals surface area (Å²) in [6, 6.07) is 4.88. The lowest BCUT2D eigenvalue weighted by molar-refractivity contribution is 0.547. The van der Waals surface area contributed by atoms with E-state index in [0.29, 0.717) is 10.9 Å². The molecule has 0 amide bonds. The van der Waals surface area contributed by atoms with E-state index >= 15 is 0 Å². The molecule has 2 aromatic rings. The molecule has 0 aliphatic carbocycles. The molecular weight excluding hydrogens is 191 g/mol. The van der Waals surface area contributed by atoms with Gasteiger partial charge in [-0.2, -0.15) is 0 Å². The van der Waals surface area contributed by atoms with Crippen LogP contribution in [0.15, 0.2) is 24.4 Å². The van der Waals surface area contributed by atoms with E-state index in [1.807, 2.05) is 20.8 Å². The third kappa shape index (κ3) is 1.82. The average Bonchev–Trinajstić information content (AvgIpc) is 2.16. The topological polar surface area (TPSA) is 25.8 Å². The normalized spacial score (nSPS) is 12.0. The van der Waals surface area contributed by atoms with Crippen molar-refractivity contribution in [3.63, 3.8) is 0 Å². The Bertz CT molecular complexity index is 500. The summed E-state index contributed by atoms with van der Waals surface area (Å²) in [4.78, 5) is 8.54. The van der Waals surface area contributed by atoms with Crippen LogP contribution < -0.4 is 0 Å². The Morgan fingerprint density at radius 2 is 1.93 bits per heavy atom. The van der Waals surface area contributed by atoms with Crippen molar-refractivity contribution in [2.45, 2.75) is 26.2 Å². The summed E-state index contributed by atoms with van der Waals surface area (Å²) in [6.45, 7) is 6.11. The molecule has 0 aliphatic rings. The predicted molar refractivity (Wildman–Crippen MR) is 58.2 cm³/mol. The fraction of sp³-hybridized carbons (Fsp3) is 0.333. The van der Waals surface area contributed by atoms with Crippen LogP contribution in [0.2, 0.25) is 0 Å². The summed E-state index contributed by atoms with van der Waals surface area (Å²) in [7, 11) is 0. The van der Waals surface area contributed by atoms with Crippen LogP contribution in [0.3, 0.4) is 0 Å². The second kappa shape index (κ2) is 3.26. The minimum absolute atomic E-state index is 0.111. The molecule has 0 fully saturated rings. The molecule has 0 bridgehead atoms. The van der Waals surface area contributed by atoms with Crippen LogP contribution in [0.5, 0.6) is 0 Å². The van der Waals surface area contributed by atoms with Crippen molar-refractivity contribution in [1.29, 1.82) is 0 Å². The quantitative estimate of drug-likeness (QED) is 0.659. The molecule has 0 aliphatic heterocycles. The number of halogens is 1. The number of rotatable bonds is 0. The fourth-order valence-corrected chi connectivity index (χ4v) is 1.38. The number of benzene rings is 1. The van der Waals surface area contributed by atoms with Gasteiger partial charge in [0.25, 0.3) is 0 Å². The largest absolute Gasteiger partial charge is 0.240 e. The van der Waals surface area contributed by atoms with Crippen molar-refractivity contribution in [2.75, 3.05) is 0 Å². The van der Waals surface area contributed by atoms with Crippen molar-refractivity contribution in [2.24, 2.45) is 0 Å². The molecule has 0 saturated heterocycles. The molecule has 0 unspecified atom stereocenters. The van der Waals surface area contributed by atoms with Gasteiger partial charge in [-0.1, -0.05) is 26.8 Å². The molecule has 3 heteroatoms. The number of fused-ring (bicyclic) bond motifs is 1. The molecule has 0 saturated carbocycles. The van der Waals surface area contributed by atoms with E-state index < -0.39 is 0 Å². The molecule has 0 N–H and O–H groups in total. The van der Waals surface area contributed by atoms with Gasteiger partial charge in [0.05, 0.1) is 10.9 Å². The van der Waals surface area contributed by atoms with Crippen molar-refractivity contribution in [1.82, 2.24) is 9.97 Å². The molecule has 0 radical (unpaired) electrons. The minimum atomic E-state index is -0.270. The molecule has 2 rings (SSSR count). The number of hydrogen-bond acceptors (Lipinski definition) is 2. The number of aromatic nitrogens is 2. The van der Waals surface area contributed by atoms with Crippen LogP contribution >= 0.6 is 0 Å². The summed E-state index contributed by atoms with van der Waals surface area (Å²) in [5.41, 5.74) is 0.551. The van der Waals surface area contributed by atoms with Gasteiger partial charge in [-0.05, 0) is 12.1 Å². The maximum absolute atomic E-state index is 13.3. The van der Waals surface area contributed by atoms with Crippen LogP contribution in [0.4, 0.5) is 4.39 Å². The third-order valence-electron chi connectivity index (χ3n) is 2.24. The minimum Gasteiger partial charge on any atom is -0.240 e. The Morgan fingerprint density at radius 1 is 1.20 bits per heavy atom. The Kier molecular flexibility index (Phi) is 2.18. The molecule has 1 aromatic heterocycles. The molecule has 2 nitrogen and oxygen atoms in total. The highest BCUT2D eigenvalue weighted by atomic mass is 19.1. The molecular formula is C12H13FN2.